The van der Waals surface area contributed by atoms with Gasteiger partial charge in [0.05, 0.1) is 12.0 Å². The summed E-state index contributed by atoms with van der Waals surface area (Å²) in [7, 11) is 1.66. The monoisotopic (exact) mass is 327 g/mol. The summed E-state index contributed by atoms with van der Waals surface area (Å²) in [5.74, 6) is -0.316. The Bertz CT molecular complexity index is 725. The van der Waals surface area contributed by atoms with Crippen molar-refractivity contribution in [1.29, 1.82) is 0 Å². The zero-order valence-corrected chi connectivity index (χ0v) is 13.8. The lowest BCUT2D eigenvalue weighted by Crippen LogP contribution is -2.49. The van der Waals surface area contributed by atoms with Gasteiger partial charge in [0.15, 0.2) is 0 Å². The van der Waals surface area contributed by atoms with Crippen LogP contribution in [0.2, 0.25) is 0 Å². The molecule has 0 bridgehead atoms. The Morgan fingerprint density at radius 2 is 1.92 bits per heavy atom. The van der Waals surface area contributed by atoms with Crippen molar-refractivity contribution >= 4 is 5.91 Å². The van der Waals surface area contributed by atoms with E-state index in [4.69, 9.17) is 4.74 Å². The van der Waals surface area contributed by atoms with E-state index in [1.54, 1.807) is 13.2 Å². The van der Waals surface area contributed by atoms with Crippen LogP contribution >= 0.6 is 0 Å². The van der Waals surface area contributed by atoms with E-state index in [0.29, 0.717) is 13.2 Å². The third-order valence-electron chi connectivity index (χ3n) is 4.88. The lowest BCUT2D eigenvalue weighted by atomic mass is 9.63. The van der Waals surface area contributed by atoms with Gasteiger partial charge in [-0.3, -0.25) is 4.79 Å². The molecular weight excluding hydrogens is 305 g/mol. The highest BCUT2D eigenvalue weighted by Gasteiger charge is 2.45. The number of carbonyl (C=O) groups is 1. The number of hydrogen-bond donors (Lipinski definition) is 1. The lowest BCUT2D eigenvalue weighted by Gasteiger charge is -2.40. The molecule has 1 fully saturated rings. The fraction of sp³-hybridized carbons (Fsp3) is 0.350. The van der Waals surface area contributed by atoms with E-state index in [9.17, 15) is 9.18 Å². The minimum absolute atomic E-state index is 0.0217. The van der Waals surface area contributed by atoms with Gasteiger partial charge in [0.25, 0.3) is 0 Å². The van der Waals surface area contributed by atoms with Crippen molar-refractivity contribution in [2.24, 2.45) is 0 Å². The lowest BCUT2D eigenvalue weighted by molar-refractivity contribution is -0.130. The number of amides is 1. The molecule has 24 heavy (non-hydrogen) atoms. The van der Waals surface area contributed by atoms with Crippen LogP contribution in [0.5, 0.6) is 0 Å². The molecule has 2 aromatic rings. The molecule has 0 aliphatic heterocycles. The Kier molecular flexibility index (Phi) is 4.95. The molecule has 1 aliphatic rings. The van der Waals surface area contributed by atoms with Crippen molar-refractivity contribution in [2.45, 2.75) is 37.8 Å². The molecule has 1 N–H and O–H groups in total. The fourth-order valence-corrected chi connectivity index (χ4v) is 3.33. The van der Waals surface area contributed by atoms with E-state index >= 15 is 0 Å². The standard InChI is InChI=1S/C20H22FNO2/c1-24-14-16-7-3-2-6-15(16)13-22-19(23)20(10-5-11-20)17-8-4-9-18(21)12-17/h2-4,6-9,12H,5,10-11,13-14H2,1H3,(H,22,23). The van der Waals surface area contributed by atoms with Crippen LogP contribution < -0.4 is 5.32 Å². The number of carbonyl (C=O) groups excluding carboxylic acids is 1. The summed E-state index contributed by atoms with van der Waals surface area (Å²) >= 11 is 0. The average molecular weight is 327 g/mol. The van der Waals surface area contributed by atoms with Crippen LogP contribution in [0.1, 0.15) is 36.0 Å². The molecule has 2 aromatic carbocycles. The predicted molar refractivity (Wildman–Crippen MR) is 90.9 cm³/mol. The van der Waals surface area contributed by atoms with Gasteiger partial charge in [0, 0.05) is 13.7 Å². The number of rotatable bonds is 6. The van der Waals surface area contributed by atoms with Crippen LogP contribution in [-0.4, -0.2) is 13.0 Å². The quantitative estimate of drug-likeness (QED) is 0.878. The first-order chi connectivity index (χ1) is 11.7. The number of benzene rings is 2. The topological polar surface area (TPSA) is 38.3 Å². The first-order valence-corrected chi connectivity index (χ1v) is 8.26. The largest absolute Gasteiger partial charge is 0.380 e. The van der Waals surface area contributed by atoms with Gasteiger partial charge in [-0.1, -0.05) is 42.8 Å². The van der Waals surface area contributed by atoms with Gasteiger partial charge < -0.3 is 10.1 Å². The molecule has 4 heteroatoms. The maximum Gasteiger partial charge on any atom is 0.230 e. The molecule has 0 spiro atoms. The zero-order chi connectivity index (χ0) is 17.0. The van der Waals surface area contributed by atoms with Gasteiger partial charge >= 0.3 is 0 Å². The number of nitrogens with one attached hydrogen (secondary N) is 1. The molecule has 0 saturated heterocycles. The van der Waals surface area contributed by atoms with Crippen LogP contribution in [0.3, 0.4) is 0 Å². The molecule has 126 valence electrons. The second-order valence-electron chi connectivity index (χ2n) is 6.33. The molecule has 0 aromatic heterocycles. The van der Waals surface area contributed by atoms with Gasteiger partial charge in [-0.05, 0) is 41.7 Å². The Balaban J connectivity index is 1.74. The normalized spacial score (nSPS) is 15.6. The van der Waals surface area contributed by atoms with Crippen LogP contribution in [0.4, 0.5) is 4.39 Å². The zero-order valence-electron chi connectivity index (χ0n) is 13.8. The number of hydrogen-bond acceptors (Lipinski definition) is 2. The van der Waals surface area contributed by atoms with E-state index in [1.165, 1.54) is 12.1 Å². The molecule has 0 heterocycles. The van der Waals surface area contributed by atoms with Crippen LogP contribution in [0, 0.1) is 5.82 Å². The minimum atomic E-state index is -0.585. The van der Waals surface area contributed by atoms with E-state index < -0.39 is 5.41 Å². The second kappa shape index (κ2) is 7.14. The number of ether oxygens (including phenoxy) is 1. The summed E-state index contributed by atoms with van der Waals surface area (Å²) in [5.41, 5.74) is 2.30. The van der Waals surface area contributed by atoms with E-state index in [2.05, 4.69) is 5.32 Å². The third-order valence-corrected chi connectivity index (χ3v) is 4.88. The fourth-order valence-electron chi connectivity index (χ4n) is 3.33. The Morgan fingerprint density at radius 1 is 1.17 bits per heavy atom. The Morgan fingerprint density at radius 3 is 2.54 bits per heavy atom. The molecule has 0 radical (unpaired) electrons. The maximum absolute atomic E-state index is 13.6. The molecule has 0 atom stereocenters. The van der Waals surface area contributed by atoms with Gasteiger partial charge in [-0.15, -0.1) is 0 Å². The summed E-state index contributed by atoms with van der Waals surface area (Å²) in [6.07, 6.45) is 2.52. The summed E-state index contributed by atoms with van der Waals surface area (Å²) in [5, 5.41) is 3.04. The second-order valence-corrected chi connectivity index (χ2v) is 6.33. The molecule has 1 amide bonds. The van der Waals surface area contributed by atoms with Crippen LogP contribution in [0.15, 0.2) is 48.5 Å². The van der Waals surface area contributed by atoms with Crippen molar-refractivity contribution in [1.82, 2.24) is 5.32 Å². The summed E-state index contributed by atoms with van der Waals surface area (Å²) in [6, 6.07) is 14.3. The van der Waals surface area contributed by atoms with Gasteiger partial charge in [0.1, 0.15) is 5.82 Å². The van der Waals surface area contributed by atoms with Gasteiger partial charge in [0.2, 0.25) is 5.91 Å². The molecule has 1 aliphatic carbocycles. The van der Waals surface area contributed by atoms with Crippen LogP contribution in [-0.2, 0) is 28.1 Å². The first-order valence-electron chi connectivity index (χ1n) is 8.26. The van der Waals surface area contributed by atoms with Gasteiger partial charge in [-0.25, -0.2) is 4.39 Å². The van der Waals surface area contributed by atoms with E-state index in [1.807, 2.05) is 30.3 Å². The SMILES string of the molecule is COCc1ccccc1CNC(=O)C1(c2cccc(F)c2)CCC1. The van der Waals surface area contributed by atoms with Crippen molar-refractivity contribution in [3.63, 3.8) is 0 Å². The van der Waals surface area contributed by atoms with Gasteiger partial charge in [-0.2, -0.15) is 0 Å². The minimum Gasteiger partial charge on any atom is -0.380 e. The molecule has 1 saturated carbocycles. The molecule has 3 nitrogen and oxygen atoms in total. The summed E-state index contributed by atoms with van der Waals surface area (Å²) in [6.45, 7) is 0.969. The van der Waals surface area contributed by atoms with E-state index in [-0.39, 0.29) is 11.7 Å². The number of methoxy groups -OCH3 is 1. The third kappa shape index (κ3) is 3.20. The first kappa shape index (κ1) is 16.7. The molecule has 0 unspecified atom stereocenters. The van der Waals surface area contributed by atoms with Crippen LogP contribution in [0.25, 0.3) is 0 Å². The highest BCUT2D eigenvalue weighted by molar-refractivity contribution is 5.89. The highest BCUT2D eigenvalue weighted by atomic mass is 19.1. The Hall–Kier alpha value is -2.20. The smallest absolute Gasteiger partial charge is 0.230 e. The van der Waals surface area contributed by atoms with Crippen molar-refractivity contribution in [3.05, 3.63) is 71.0 Å². The summed E-state index contributed by atoms with van der Waals surface area (Å²) in [4.78, 5) is 12.8. The van der Waals surface area contributed by atoms with E-state index in [0.717, 1.165) is 36.0 Å². The summed E-state index contributed by atoms with van der Waals surface area (Å²) < 4.78 is 18.8. The van der Waals surface area contributed by atoms with Crippen molar-refractivity contribution in [3.8, 4) is 0 Å². The molecule has 3 rings (SSSR count). The highest BCUT2D eigenvalue weighted by Crippen LogP contribution is 2.44. The van der Waals surface area contributed by atoms with Crippen molar-refractivity contribution < 1.29 is 13.9 Å². The molecular formula is C20H22FNO2. The Labute approximate surface area is 141 Å². The van der Waals surface area contributed by atoms with Crippen molar-refractivity contribution in [2.75, 3.05) is 7.11 Å². The maximum atomic E-state index is 13.6. The number of halogens is 1. The average Bonchev–Trinajstić information content (AvgIpc) is 2.53. The predicted octanol–water partition coefficient (Wildman–Crippen LogP) is 3.71.